The Labute approximate surface area is 175 Å². The molecule has 2 aliphatic heterocycles. The van der Waals surface area contributed by atoms with Crippen molar-refractivity contribution in [3.63, 3.8) is 0 Å². The minimum atomic E-state index is -0.151. The molecule has 8 heteroatoms. The molecule has 1 saturated heterocycles. The van der Waals surface area contributed by atoms with Gasteiger partial charge in [0.1, 0.15) is 0 Å². The fourth-order valence-corrected chi connectivity index (χ4v) is 4.37. The summed E-state index contributed by atoms with van der Waals surface area (Å²) in [5.41, 5.74) is 5.66. The third-order valence-corrected chi connectivity index (χ3v) is 5.87. The molecule has 0 radical (unpaired) electrons. The SMILES string of the molecule is Cc1cc(=O)n2nc(N3CCc4ncc(N5CCO[C@H](C)C5)cc4C3)c(C)cc2n1. The van der Waals surface area contributed by atoms with E-state index in [9.17, 15) is 4.79 Å². The summed E-state index contributed by atoms with van der Waals surface area (Å²) in [6.07, 6.45) is 3.07. The second-order valence-corrected chi connectivity index (χ2v) is 8.26. The molecule has 0 N–H and O–H groups in total. The van der Waals surface area contributed by atoms with Gasteiger partial charge in [-0.25, -0.2) is 4.98 Å². The fraction of sp³-hybridized carbons (Fsp3) is 0.455. The van der Waals surface area contributed by atoms with Gasteiger partial charge in [0.25, 0.3) is 5.56 Å². The highest BCUT2D eigenvalue weighted by molar-refractivity contribution is 5.55. The van der Waals surface area contributed by atoms with Crippen molar-refractivity contribution in [1.82, 2.24) is 19.6 Å². The molecule has 3 aromatic rings. The number of nitrogens with zero attached hydrogens (tertiary/aromatic N) is 6. The Morgan fingerprint density at radius 2 is 2.00 bits per heavy atom. The van der Waals surface area contributed by atoms with Crippen molar-refractivity contribution in [2.45, 2.75) is 39.8 Å². The van der Waals surface area contributed by atoms with E-state index in [4.69, 9.17) is 9.72 Å². The van der Waals surface area contributed by atoms with Crippen molar-refractivity contribution in [2.75, 3.05) is 36.0 Å². The summed E-state index contributed by atoms with van der Waals surface area (Å²) in [6.45, 7) is 10.0. The van der Waals surface area contributed by atoms with Gasteiger partial charge in [0, 0.05) is 50.1 Å². The van der Waals surface area contributed by atoms with E-state index in [1.54, 1.807) is 0 Å². The Bertz CT molecular complexity index is 1170. The molecule has 5 rings (SSSR count). The number of aryl methyl sites for hydroxylation is 2. The Hall–Kier alpha value is -3.00. The van der Waals surface area contributed by atoms with Gasteiger partial charge in [-0.2, -0.15) is 4.52 Å². The van der Waals surface area contributed by atoms with Crippen LogP contribution in [0.25, 0.3) is 5.65 Å². The summed E-state index contributed by atoms with van der Waals surface area (Å²) in [5, 5.41) is 4.65. The second kappa shape index (κ2) is 7.36. The molecule has 156 valence electrons. The fourth-order valence-electron chi connectivity index (χ4n) is 4.37. The predicted octanol–water partition coefficient (Wildman–Crippen LogP) is 1.89. The molecule has 8 nitrogen and oxygen atoms in total. The summed E-state index contributed by atoms with van der Waals surface area (Å²) in [6, 6.07) is 5.71. The Morgan fingerprint density at radius 3 is 2.83 bits per heavy atom. The highest BCUT2D eigenvalue weighted by atomic mass is 16.5. The van der Waals surface area contributed by atoms with Crippen molar-refractivity contribution in [3.8, 4) is 0 Å². The van der Waals surface area contributed by atoms with E-state index < -0.39 is 0 Å². The van der Waals surface area contributed by atoms with Gasteiger partial charge >= 0.3 is 0 Å². The largest absolute Gasteiger partial charge is 0.375 e. The van der Waals surface area contributed by atoms with Crippen LogP contribution < -0.4 is 15.4 Å². The van der Waals surface area contributed by atoms with Gasteiger partial charge in [-0.3, -0.25) is 9.78 Å². The van der Waals surface area contributed by atoms with Gasteiger partial charge in [0.05, 0.1) is 24.6 Å². The smallest absolute Gasteiger partial charge is 0.274 e. The third kappa shape index (κ3) is 3.41. The maximum Gasteiger partial charge on any atom is 0.274 e. The van der Waals surface area contributed by atoms with Crippen LogP contribution in [0, 0.1) is 13.8 Å². The summed E-state index contributed by atoms with van der Waals surface area (Å²) >= 11 is 0. The van der Waals surface area contributed by atoms with Crippen LogP contribution in [0.15, 0.2) is 29.2 Å². The first kappa shape index (κ1) is 19.0. The quantitative estimate of drug-likeness (QED) is 0.643. The molecule has 0 saturated carbocycles. The number of hydrogen-bond acceptors (Lipinski definition) is 7. The third-order valence-electron chi connectivity index (χ3n) is 5.87. The molecule has 1 atom stereocenters. The second-order valence-electron chi connectivity index (χ2n) is 8.26. The summed E-state index contributed by atoms with van der Waals surface area (Å²) < 4.78 is 7.07. The molecule has 0 aliphatic carbocycles. The molecule has 0 bridgehead atoms. The molecule has 5 heterocycles. The number of rotatable bonds is 2. The van der Waals surface area contributed by atoms with Crippen LogP contribution in [-0.2, 0) is 17.7 Å². The lowest BCUT2D eigenvalue weighted by molar-refractivity contribution is 0.0532. The van der Waals surface area contributed by atoms with Gasteiger partial charge < -0.3 is 14.5 Å². The van der Waals surface area contributed by atoms with E-state index in [1.807, 2.05) is 26.1 Å². The first-order valence-corrected chi connectivity index (χ1v) is 10.5. The van der Waals surface area contributed by atoms with Gasteiger partial charge in [-0.15, -0.1) is 5.10 Å². The zero-order valence-electron chi connectivity index (χ0n) is 17.6. The number of anilines is 2. The van der Waals surface area contributed by atoms with Crippen molar-refractivity contribution in [1.29, 1.82) is 0 Å². The van der Waals surface area contributed by atoms with Crippen molar-refractivity contribution in [2.24, 2.45) is 0 Å². The minimum Gasteiger partial charge on any atom is -0.375 e. The number of morpholine rings is 1. The first-order valence-electron chi connectivity index (χ1n) is 10.5. The predicted molar refractivity (Wildman–Crippen MR) is 115 cm³/mol. The number of pyridine rings is 1. The Balaban J connectivity index is 1.47. The topological polar surface area (TPSA) is 75.9 Å². The zero-order valence-corrected chi connectivity index (χ0v) is 17.6. The van der Waals surface area contributed by atoms with E-state index in [2.05, 4.69) is 32.9 Å². The Morgan fingerprint density at radius 1 is 1.13 bits per heavy atom. The highest BCUT2D eigenvalue weighted by Gasteiger charge is 2.23. The van der Waals surface area contributed by atoms with Crippen LogP contribution >= 0.6 is 0 Å². The molecular weight excluding hydrogens is 380 g/mol. The van der Waals surface area contributed by atoms with Gasteiger partial charge in [-0.1, -0.05) is 0 Å². The standard InChI is InChI=1S/C22H26N6O2/c1-14-8-20-24-15(2)9-21(29)28(20)25-22(14)27-5-4-19-17(13-27)10-18(11-23-19)26-6-7-30-16(3)12-26/h8-11,16H,4-7,12-13H2,1-3H3/t16-/m1/s1. The molecule has 0 unspecified atom stereocenters. The Kier molecular flexibility index (Phi) is 4.66. The van der Waals surface area contributed by atoms with E-state index in [0.29, 0.717) is 11.3 Å². The van der Waals surface area contributed by atoms with Crippen LogP contribution in [0.2, 0.25) is 0 Å². The van der Waals surface area contributed by atoms with E-state index in [0.717, 1.165) is 62.0 Å². The number of hydrogen-bond donors (Lipinski definition) is 0. The number of ether oxygens (including phenoxy) is 1. The van der Waals surface area contributed by atoms with Crippen LogP contribution in [0.5, 0.6) is 0 Å². The zero-order chi connectivity index (χ0) is 20.8. The molecular formula is C22H26N6O2. The van der Waals surface area contributed by atoms with Gasteiger partial charge in [0.2, 0.25) is 0 Å². The molecule has 0 amide bonds. The average Bonchev–Trinajstić information content (AvgIpc) is 2.72. The lowest BCUT2D eigenvalue weighted by atomic mass is 10.0. The van der Waals surface area contributed by atoms with Crippen LogP contribution in [0.3, 0.4) is 0 Å². The van der Waals surface area contributed by atoms with E-state index in [-0.39, 0.29) is 11.7 Å². The summed E-state index contributed by atoms with van der Waals surface area (Å²) in [5.74, 6) is 0.825. The van der Waals surface area contributed by atoms with Gasteiger partial charge in [-0.05, 0) is 44.0 Å². The number of aromatic nitrogens is 4. The van der Waals surface area contributed by atoms with Crippen LogP contribution in [0.1, 0.15) is 29.4 Å². The number of fused-ring (bicyclic) bond motifs is 2. The molecule has 0 spiro atoms. The maximum atomic E-state index is 12.4. The lowest BCUT2D eigenvalue weighted by Gasteiger charge is -2.34. The van der Waals surface area contributed by atoms with Crippen molar-refractivity contribution in [3.05, 3.63) is 57.3 Å². The monoisotopic (exact) mass is 406 g/mol. The van der Waals surface area contributed by atoms with Crippen LogP contribution in [0.4, 0.5) is 11.5 Å². The minimum absolute atomic E-state index is 0.151. The van der Waals surface area contributed by atoms with Crippen molar-refractivity contribution >= 4 is 17.2 Å². The van der Waals surface area contributed by atoms with Crippen LogP contribution in [-0.4, -0.2) is 51.9 Å². The normalized spacial score (nSPS) is 19.2. The lowest BCUT2D eigenvalue weighted by Crippen LogP contribution is -2.41. The highest BCUT2D eigenvalue weighted by Crippen LogP contribution is 2.28. The summed E-state index contributed by atoms with van der Waals surface area (Å²) in [4.78, 5) is 26.2. The van der Waals surface area contributed by atoms with Crippen molar-refractivity contribution < 1.29 is 4.74 Å². The first-order chi connectivity index (χ1) is 14.5. The molecule has 3 aromatic heterocycles. The molecule has 30 heavy (non-hydrogen) atoms. The van der Waals surface area contributed by atoms with Gasteiger partial charge in [0.15, 0.2) is 11.5 Å². The molecule has 1 fully saturated rings. The van der Waals surface area contributed by atoms with E-state index >= 15 is 0 Å². The van der Waals surface area contributed by atoms with E-state index in [1.165, 1.54) is 16.1 Å². The molecule has 0 aromatic carbocycles. The maximum absolute atomic E-state index is 12.4. The molecule has 2 aliphatic rings. The average molecular weight is 406 g/mol. The summed E-state index contributed by atoms with van der Waals surface area (Å²) in [7, 11) is 0.